The molecule has 0 heterocycles. The predicted octanol–water partition coefficient (Wildman–Crippen LogP) is 3.36. The summed E-state index contributed by atoms with van der Waals surface area (Å²) in [5, 5.41) is 9.31. The second-order valence-electron chi connectivity index (χ2n) is 2.66. The third kappa shape index (κ3) is 3.66. The van der Waals surface area contributed by atoms with Crippen LogP contribution in [0.25, 0.3) is 0 Å². The first-order valence-corrected chi connectivity index (χ1v) is 3.81. The van der Waals surface area contributed by atoms with Crippen molar-refractivity contribution in [3.63, 3.8) is 0 Å². The van der Waals surface area contributed by atoms with Crippen molar-refractivity contribution in [1.82, 2.24) is 0 Å². The number of aliphatic hydroxyl groups excluding tert-OH is 1. The van der Waals surface area contributed by atoms with E-state index in [-0.39, 0.29) is 0 Å². The maximum Gasteiger partial charge on any atom is 0.114 e. The fourth-order valence-corrected chi connectivity index (χ4v) is 0.625. The van der Waals surface area contributed by atoms with Crippen LogP contribution in [0.4, 0.5) is 0 Å². The lowest BCUT2D eigenvalue weighted by Gasteiger charge is -1.98. The van der Waals surface area contributed by atoms with E-state index in [4.69, 9.17) is 0 Å². The van der Waals surface area contributed by atoms with Crippen molar-refractivity contribution in [2.45, 2.75) is 27.2 Å². The SMILES string of the molecule is C=C/C(=C\C(O)=C(C)C)CC. The zero-order valence-electron chi connectivity index (χ0n) is 7.52. The first kappa shape index (κ1) is 10.0. The highest BCUT2D eigenvalue weighted by Gasteiger charge is 1.92. The monoisotopic (exact) mass is 152 g/mol. The van der Waals surface area contributed by atoms with Gasteiger partial charge in [-0.25, -0.2) is 0 Å². The van der Waals surface area contributed by atoms with E-state index in [1.807, 2.05) is 20.8 Å². The van der Waals surface area contributed by atoms with Gasteiger partial charge in [0.1, 0.15) is 5.76 Å². The van der Waals surface area contributed by atoms with Crippen LogP contribution in [0.3, 0.4) is 0 Å². The summed E-state index contributed by atoms with van der Waals surface area (Å²) >= 11 is 0. The minimum atomic E-state index is 0.349. The molecule has 0 aliphatic carbocycles. The third-order valence-corrected chi connectivity index (χ3v) is 1.50. The summed E-state index contributed by atoms with van der Waals surface area (Å²) < 4.78 is 0. The van der Waals surface area contributed by atoms with Crippen molar-refractivity contribution < 1.29 is 5.11 Å². The Bertz CT molecular complexity index is 193. The van der Waals surface area contributed by atoms with Crippen LogP contribution in [0, 0.1) is 0 Å². The van der Waals surface area contributed by atoms with Gasteiger partial charge in [-0.1, -0.05) is 19.6 Å². The lowest BCUT2D eigenvalue weighted by molar-refractivity contribution is 0.425. The topological polar surface area (TPSA) is 20.2 Å². The number of allylic oxidation sites excluding steroid dienone is 4. The molecule has 1 nitrogen and oxygen atoms in total. The van der Waals surface area contributed by atoms with E-state index in [9.17, 15) is 5.11 Å². The summed E-state index contributed by atoms with van der Waals surface area (Å²) in [5.41, 5.74) is 1.99. The van der Waals surface area contributed by atoms with E-state index in [0.717, 1.165) is 17.6 Å². The fourth-order valence-electron chi connectivity index (χ4n) is 0.625. The van der Waals surface area contributed by atoms with E-state index < -0.39 is 0 Å². The highest BCUT2D eigenvalue weighted by molar-refractivity contribution is 5.26. The molecule has 0 unspecified atom stereocenters. The molecule has 0 aromatic rings. The lowest BCUT2D eigenvalue weighted by atomic mass is 10.1. The lowest BCUT2D eigenvalue weighted by Crippen LogP contribution is -1.82. The Kier molecular flexibility index (Phi) is 4.35. The summed E-state index contributed by atoms with van der Waals surface area (Å²) in [6.45, 7) is 9.43. The molecular formula is C10H16O. The third-order valence-electron chi connectivity index (χ3n) is 1.50. The summed E-state index contributed by atoms with van der Waals surface area (Å²) in [5.74, 6) is 0.349. The summed E-state index contributed by atoms with van der Waals surface area (Å²) in [7, 11) is 0. The maximum atomic E-state index is 9.31. The standard InChI is InChI=1S/C10H16O/c1-5-9(6-2)7-10(11)8(3)4/h5,7,11H,1,6H2,2-4H3/b9-7+. The normalized spacial score (nSPS) is 11.0. The molecule has 0 saturated heterocycles. The minimum absolute atomic E-state index is 0.349. The molecule has 0 aromatic carbocycles. The van der Waals surface area contributed by atoms with Crippen LogP contribution in [-0.4, -0.2) is 5.11 Å². The van der Waals surface area contributed by atoms with Crippen molar-refractivity contribution in [3.8, 4) is 0 Å². The summed E-state index contributed by atoms with van der Waals surface area (Å²) in [6, 6.07) is 0. The molecule has 0 amide bonds. The minimum Gasteiger partial charge on any atom is -0.508 e. The molecule has 0 atom stereocenters. The first-order valence-electron chi connectivity index (χ1n) is 3.81. The molecule has 0 rings (SSSR count). The van der Waals surface area contributed by atoms with Crippen molar-refractivity contribution in [2.24, 2.45) is 0 Å². The van der Waals surface area contributed by atoms with Crippen LogP contribution in [-0.2, 0) is 0 Å². The Morgan fingerprint density at radius 3 is 2.27 bits per heavy atom. The van der Waals surface area contributed by atoms with Crippen molar-refractivity contribution in [2.75, 3.05) is 0 Å². The van der Waals surface area contributed by atoms with Gasteiger partial charge in [0.25, 0.3) is 0 Å². The number of rotatable bonds is 3. The molecule has 0 aromatic heterocycles. The van der Waals surface area contributed by atoms with Gasteiger partial charge in [0, 0.05) is 0 Å². The molecule has 1 heteroatoms. The molecule has 0 bridgehead atoms. The molecular weight excluding hydrogens is 136 g/mol. The van der Waals surface area contributed by atoms with Gasteiger partial charge in [-0.15, -0.1) is 0 Å². The van der Waals surface area contributed by atoms with Crippen LogP contribution in [0.1, 0.15) is 27.2 Å². The number of hydrogen-bond acceptors (Lipinski definition) is 1. The number of hydrogen-bond donors (Lipinski definition) is 1. The zero-order valence-corrected chi connectivity index (χ0v) is 7.52. The van der Waals surface area contributed by atoms with Crippen LogP contribution < -0.4 is 0 Å². The van der Waals surface area contributed by atoms with E-state index in [1.165, 1.54) is 0 Å². The fraction of sp³-hybridized carbons (Fsp3) is 0.400. The maximum absolute atomic E-state index is 9.31. The highest BCUT2D eigenvalue weighted by Crippen LogP contribution is 2.08. The van der Waals surface area contributed by atoms with Gasteiger partial charge in [0.2, 0.25) is 0 Å². The van der Waals surface area contributed by atoms with Crippen LogP contribution >= 0.6 is 0 Å². The molecule has 1 N–H and O–H groups in total. The smallest absolute Gasteiger partial charge is 0.114 e. The second kappa shape index (κ2) is 4.78. The van der Waals surface area contributed by atoms with Gasteiger partial charge < -0.3 is 5.11 Å². The van der Waals surface area contributed by atoms with Crippen molar-refractivity contribution in [3.05, 3.63) is 35.6 Å². The zero-order chi connectivity index (χ0) is 8.85. The molecule has 0 aliphatic rings. The molecule has 0 spiro atoms. The Morgan fingerprint density at radius 2 is 2.00 bits per heavy atom. The summed E-state index contributed by atoms with van der Waals surface area (Å²) in [4.78, 5) is 0. The molecule has 0 radical (unpaired) electrons. The van der Waals surface area contributed by atoms with Gasteiger partial charge >= 0.3 is 0 Å². The van der Waals surface area contributed by atoms with E-state index >= 15 is 0 Å². The van der Waals surface area contributed by atoms with Crippen LogP contribution in [0.15, 0.2) is 35.6 Å². The first-order chi connectivity index (χ1) is 5.11. The molecule has 11 heavy (non-hydrogen) atoms. The van der Waals surface area contributed by atoms with Gasteiger partial charge in [0.15, 0.2) is 0 Å². The number of aliphatic hydroxyl groups is 1. The Morgan fingerprint density at radius 1 is 1.45 bits per heavy atom. The average Bonchev–Trinajstić information content (AvgIpc) is 1.99. The van der Waals surface area contributed by atoms with E-state index in [2.05, 4.69) is 6.58 Å². The largest absolute Gasteiger partial charge is 0.508 e. The van der Waals surface area contributed by atoms with Gasteiger partial charge in [-0.05, 0) is 37.5 Å². The quantitative estimate of drug-likeness (QED) is 0.485. The van der Waals surface area contributed by atoms with Crippen molar-refractivity contribution >= 4 is 0 Å². The Hall–Kier alpha value is -0.980. The molecule has 62 valence electrons. The Labute approximate surface area is 68.7 Å². The van der Waals surface area contributed by atoms with Gasteiger partial charge in [-0.2, -0.15) is 0 Å². The second-order valence-corrected chi connectivity index (χ2v) is 2.66. The molecule has 0 fully saturated rings. The van der Waals surface area contributed by atoms with Crippen LogP contribution in [0.5, 0.6) is 0 Å². The molecule has 0 saturated carbocycles. The Balaban J connectivity index is 4.52. The average molecular weight is 152 g/mol. The predicted molar refractivity (Wildman–Crippen MR) is 49.6 cm³/mol. The van der Waals surface area contributed by atoms with Crippen LogP contribution in [0.2, 0.25) is 0 Å². The highest BCUT2D eigenvalue weighted by atomic mass is 16.3. The van der Waals surface area contributed by atoms with E-state index in [1.54, 1.807) is 12.2 Å². The van der Waals surface area contributed by atoms with Gasteiger partial charge in [-0.3, -0.25) is 0 Å². The van der Waals surface area contributed by atoms with Crippen molar-refractivity contribution in [1.29, 1.82) is 0 Å². The van der Waals surface area contributed by atoms with E-state index in [0.29, 0.717) is 5.76 Å². The van der Waals surface area contributed by atoms with Gasteiger partial charge in [0.05, 0.1) is 0 Å². The molecule has 0 aliphatic heterocycles. The summed E-state index contributed by atoms with van der Waals surface area (Å²) in [6.07, 6.45) is 4.42.